The van der Waals surface area contributed by atoms with Crippen LogP contribution in [-0.2, 0) is 14.3 Å². The molecular weight excluding hydrogens is 264 g/mol. The highest BCUT2D eigenvalue weighted by Gasteiger charge is 2.23. The molecule has 116 valence electrons. The number of carbonyl (C=O) groups is 2. The minimum Gasteiger partial charge on any atom is -0.480 e. The van der Waals surface area contributed by atoms with Crippen LogP contribution in [-0.4, -0.2) is 68.6 Å². The van der Waals surface area contributed by atoms with Crippen LogP contribution in [0.25, 0.3) is 0 Å². The van der Waals surface area contributed by atoms with Gasteiger partial charge >= 0.3 is 12.0 Å². The molecule has 0 saturated carbocycles. The zero-order valence-corrected chi connectivity index (χ0v) is 12.1. The van der Waals surface area contributed by atoms with Crippen LogP contribution in [0.5, 0.6) is 0 Å². The summed E-state index contributed by atoms with van der Waals surface area (Å²) in [5.41, 5.74) is 0. The summed E-state index contributed by atoms with van der Waals surface area (Å²) in [5.74, 6) is -0.628. The molecule has 1 aliphatic rings. The second kappa shape index (κ2) is 8.76. The number of nitrogens with zero attached hydrogens (tertiary/aromatic N) is 1. The van der Waals surface area contributed by atoms with Gasteiger partial charge in [-0.3, -0.25) is 0 Å². The summed E-state index contributed by atoms with van der Waals surface area (Å²) in [6, 6.07) is -1.28. The molecule has 1 aliphatic heterocycles. The fourth-order valence-electron chi connectivity index (χ4n) is 2.15. The normalized spacial score (nSPS) is 17.5. The smallest absolute Gasteiger partial charge is 0.326 e. The Morgan fingerprint density at radius 1 is 1.45 bits per heavy atom. The van der Waals surface area contributed by atoms with Crippen LogP contribution in [0.3, 0.4) is 0 Å². The summed E-state index contributed by atoms with van der Waals surface area (Å²) in [6.07, 6.45) is 2.12. The fraction of sp³-hybridized carbons (Fsp3) is 0.846. The molecule has 0 radical (unpaired) electrons. The van der Waals surface area contributed by atoms with Crippen LogP contribution in [0.2, 0.25) is 0 Å². The van der Waals surface area contributed by atoms with E-state index in [1.165, 1.54) is 7.11 Å². The van der Waals surface area contributed by atoms with Crippen molar-refractivity contribution in [2.45, 2.75) is 25.3 Å². The molecule has 1 rings (SSSR count). The van der Waals surface area contributed by atoms with Crippen LogP contribution < -0.4 is 5.32 Å². The van der Waals surface area contributed by atoms with E-state index in [2.05, 4.69) is 5.32 Å². The standard InChI is InChI=1S/C13H24N2O5/c1-15(9-10-3-7-20-8-4-10)13(18)14-11(12(16)17)5-6-19-2/h10-11H,3-9H2,1-2H3,(H,14,18)(H,16,17). The van der Waals surface area contributed by atoms with Crippen LogP contribution in [0.4, 0.5) is 4.79 Å². The maximum absolute atomic E-state index is 12.0. The van der Waals surface area contributed by atoms with Crippen molar-refractivity contribution < 1.29 is 24.2 Å². The fourth-order valence-corrected chi connectivity index (χ4v) is 2.15. The molecule has 1 unspecified atom stereocenters. The predicted octanol–water partition coefficient (Wildman–Crippen LogP) is 0.544. The number of carbonyl (C=O) groups excluding carboxylic acids is 1. The predicted molar refractivity (Wildman–Crippen MR) is 72.6 cm³/mol. The zero-order chi connectivity index (χ0) is 15.0. The first-order valence-electron chi connectivity index (χ1n) is 6.85. The third kappa shape index (κ3) is 5.75. The molecule has 0 bridgehead atoms. The minimum atomic E-state index is -1.05. The Morgan fingerprint density at radius 3 is 2.65 bits per heavy atom. The van der Waals surface area contributed by atoms with E-state index in [9.17, 15) is 9.59 Å². The topological polar surface area (TPSA) is 88.1 Å². The first-order chi connectivity index (χ1) is 9.54. The monoisotopic (exact) mass is 288 g/mol. The first-order valence-corrected chi connectivity index (χ1v) is 6.85. The van der Waals surface area contributed by atoms with Gasteiger partial charge in [0.1, 0.15) is 6.04 Å². The number of carboxylic acids is 1. The van der Waals surface area contributed by atoms with E-state index in [0.29, 0.717) is 19.1 Å². The number of methoxy groups -OCH3 is 1. The number of rotatable bonds is 7. The third-order valence-electron chi connectivity index (χ3n) is 3.43. The Morgan fingerprint density at radius 2 is 2.10 bits per heavy atom. The van der Waals surface area contributed by atoms with Gasteiger partial charge in [-0.05, 0) is 18.8 Å². The van der Waals surface area contributed by atoms with E-state index in [4.69, 9.17) is 14.6 Å². The molecule has 7 nitrogen and oxygen atoms in total. The number of urea groups is 1. The molecule has 0 aliphatic carbocycles. The third-order valence-corrected chi connectivity index (χ3v) is 3.43. The molecule has 2 N–H and O–H groups in total. The minimum absolute atomic E-state index is 0.253. The van der Waals surface area contributed by atoms with E-state index in [1.54, 1.807) is 11.9 Å². The van der Waals surface area contributed by atoms with Crippen molar-refractivity contribution in [2.24, 2.45) is 5.92 Å². The van der Waals surface area contributed by atoms with Crippen molar-refractivity contribution in [1.82, 2.24) is 10.2 Å². The van der Waals surface area contributed by atoms with E-state index in [-0.39, 0.29) is 12.5 Å². The molecule has 20 heavy (non-hydrogen) atoms. The first kappa shape index (κ1) is 16.7. The molecule has 7 heteroatoms. The van der Waals surface area contributed by atoms with Gasteiger partial charge in [0, 0.05) is 46.9 Å². The number of ether oxygens (including phenoxy) is 2. The van der Waals surface area contributed by atoms with Crippen molar-refractivity contribution in [3.8, 4) is 0 Å². The Bertz CT molecular complexity index is 318. The van der Waals surface area contributed by atoms with Gasteiger partial charge in [-0.25, -0.2) is 9.59 Å². The van der Waals surface area contributed by atoms with Crippen LogP contribution in [0, 0.1) is 5.92 Å². The number of hydrogen-bond donors (Lipinski definition) is 2. The van der Waals surface area contributed by atoms with Gasteiger partial charge in [-0.1, -0.05) is 0 Å². The Labute approximate surface area is 119 Å². The van der Waals surface area contributed by atoms with Gasteiger partial charge in [0.2, 0.25) is 0 Å². The van der Waals surface area contributed by atoms with E-state index in [0.717, 1.165) is 26.1 Å². The number of aliphatic carboxylic acids is 1. The van der Waals surface area contributed by atoms with E-state index < -0.39 is 12.0 Å². The summed E-state index contributed by atoms with van der Waals surface area (Å²) < 4.78 is 10.1. The summed E-state index contributed by atoms with van der Waals surface area (Å²) in [4.78, 5) is 24.6. The van der Waals surface area contributed by atoms with Crippen molar-refractivity contribution in [2.75, 3.05) is 40.5 Å². The average molecular weight is 288 g/mol. The molecule has 0 aromatic rings. The maximum Gasteiger partial charge on any atom is 0.326 e. The van der Waals surface area contributed by atoms with Crippen molar-refractivity contribution in [3.05, 3.63) is 0 Å². The second-order valence-electron chi connectivity index (χ2n) is 5.06. The Hall–Kier alpha value is -1.34. The van der Waals surface area contributed by atoms with Crippen LogP contribution >= 0.6 is 0 Å². The highest BCUT2D eigenvalue weighted by Crippen LogP contribution is 2.15. The van der Waals surface area contributed by atoms with Gasteiger partial charge < -0.3 is 24.8 Å². The molecule has 0 aromatic heterocycles. The molecule has 0 aromatic carbocycles. The Balaban J connectivity index is 2.39. The summed E-state index contributed by atoms with van der Waals surface area (Å²) in [5, 5.41) is 11.6. The lowest BCUT2D eigenvalue weighted by atomic mass is 10.00. The van der Waals surface area contributed by atoms with E-state index >= 15 is 0 Å². The van der Waals surface area contributed by atoms with Crippen LogP contribution in [0.15, 0.2) is 0 Å². The quantitative estimate of drug-likeness (QED) is 0.714. The highest BCUT2D eigenvalue weighted by atomic mass is 16.5. The zero-order valence-electron chi connectivity index (χ0n) is 12.1. The van der Waals surface area contributed by atoms with Gasteiger partial charge in [-0.2, -0.15) is 0 Å². The Kier molecular flexibility index (Phi) is 7.32. The van der Waals surface area contributed by atoms with Crippen LogP contribution in [0.1, 0.15) is 19.3 Å². The SMILES string of the molecule is COCCC(NC(=O)N(C)CC1CCOCC1)C(=O)O. The molecular formula is C13H24N2O5. The van der Waals surface area contributed by atoms with Gasteiger partial charge in [0.15, 0.2) is 0 Å². The highest BCUT2D eigenvalue weighted by molar-refractivity contribution is 5.82. The largest absolute Gasteiger partial charge is 0.480 e. The second-order valence-corrected chi connectivity index (χ2v) is 5.06. The lowest BCUT2D eigenvalue weighted by molar-refractivity contribution is -0.139. The summed E-state index contributed by atoms with van der Waals surface area (Å²) in [7, 11) is 3.18. The number of carboxylic acid groups (broad SMARTS) is 1. The molecule has 2 amide bonds. The van der Waals surface area contributed by atoms with Crippen molar-refractivity contribution in [1.29, 1.82) is 0 Å². The lowest BCUT2D eigenvalue weighted by Gasteiger charge is -2.28. The van der Waals surface area contributed by atoms with Crippen molar-refractivity contribution >= 4 is 12.0 Å². The lowest BCUT2D eigenvalue weighted by Crippen LogP contribution is -2.48. The number of amides is 2. The van der Waals surface area contributed by atoms with E-state index in [1.807, 2.05) is 0 Å². The van der Waals surface area contributed by atoms with Gasteiger partial charge in [0.05, 0.1) is 0 Å². The number of hydrogen-bond acceptors (Lipinski definition) is 4. The molecule has 0 spiro atoms. The molecule has 1 heterocycles. The molecule has 1 fully saturated rings. The van der Waals surface area contributed by atoms with Gasteiger partial charge in [0.25, 0.3) is 0 Å². The summed E-state index contributed by atoms with van der Waals surface area (Å²) in [6.45, 7) is 2.37. The van der Waals surface area contributed by atoms with Gasteiger partial charge in [-0.15, -0.1) is 0 Å². The molecule has 1 atom stereocenters. The van der Waals surface area contributed by atoms with Crippen molar-refractivity contribution in [3.63, 3.8) is 0 Å². The number of nitrogens with one attached hydrogen (secondary N) is 1. The molecule has 1 saturated heterocycles. The average Bonchev–Trinajstić information content (AvgIpc) is 2.43. The maximum atomic E-state index is 12.0. The summed E-state index contributed by atoms with van der Waals surface area (Å²) >= 11 is 0.